The summed E-state index contributed by atoms with van der Waals surface area (Å²) in [4.78, 5) is 0. The molecule has 0 bridgehead atoms. The molecule has 0 unspecified atom stereocenters. The molecule has 0 amide bonds. The minimum absolute atomic E-state index is 0.00464. The van der Waals surface area contributed by atoms with Crippen molar-refractivity contribution in [2.45, 2.75) is 6.61 Å². The standard InChI is InChI=1S/C18H14ClFIN3O3/c1-25-15-7-10(2-5-16-23-24-18(22)27-16)6-14(21)17(15)26-9-11-3-4-12(20)8-13(11)19/h2-8H,9H2,1H3,(H2,22,24)/b5-2+. The maximum atomic E-state index is 13.2. The predicted molar refractivity (Wildman–Crippen MR) is 109 cm³/mol. The quantitative estimate of drug-likeness (QED) is 0.488. The van der Waals surface area contributed by atoms with E-state index in [1.807, 2.05) is 6.07 Å². The van der Waals surface area contributed by atoms with E-state index in [0.717, 1.165) is 9.13 Å². The van der Waals surface area contributed by atoms with Crippen LogP contribution in [0.15, 0.2) is 34.7 Å². The first-order valence-corrected chi connectivity index (χ1v) is 9.13. The normalized spacial score (nSPS) is 11.1. The Morgan fingerprint density at radius 2 is 2.07 bits per heavy atom. The van der Waals surface area contributed by atoms with Crippen LogP contribution in [0.25, 0.3) is 12.2 Å². The molecule has 140 valence electrons. The molecule has 0 fully saturated rings. The Labute approximate surface area is 173 Å². The Bertz CT molecular complexity index is 994. The number of aromatic nitrogens is 2. The summed E-state index contributed by atoms with van der Waals surface area (Å²) in [5.41, 5.74) is 6.92. The Morgan fingerprint density at radius 3 is 2.74 bits per heavy atom. The van der Waals surface area contributed by atoms with Crippen LogP contribution >= 0.6 is 34.2 Å². The second-order valence-electron chi connectivity index (χ2n) is 5.37. The zero-order valence-electron chi connectivity index (χ0n) is 14.1. The average Bonchev–Trinajstić information content (AvgIpc) is 3.05. The Kier molecular flexibility index (Phi) is 6.17. The number of nitrogen functional groups attached to an aromatic ring is 1. The number of benzene rings is 2. The molecule has 0 aliphatic heterocycles. The van der Waals surface area contributed by atoms with Crippen LogP contribution in [0.1, 0.15) is 17.0 Å². The molecule has 0 spiro atoms. The van der Waals surface area contributed by atoms with Gasteiger partial charge in [0, 0.05) is 11.6 Å². The van der Waals surface area contributed by atoms with Crippen molar-refractivity contribution in [3.05, 3.63) is 61.8 Å². The lowest BCUT2D eigenvalue weighted by Crippen LogP contribution is -2.01. The lowest BCUT2D eigenvalue weighted by atomic mass is 10.2. The van der Waals surface area contributed by atoms with Gasteiger partial charge in [0.2, 0.25) is 5.89 Å². The van der Waals surface area contributed by atoms with Crippen molar-refractivity contribution in [2.75, 3.05) is 12.8 Å². The second kappa shape index (κ2) is 8.57. The van der Waals surface area contributed by atoms with Gasteiger partial charge in [-0.25, -0.2) is 4.39 Å². The van der Waals surface area contributed by atoms with Crippen LogP contribution < -0.4 is 15.2 Å². The van der Waals surface area contributed by atoms with Crippen molar-refractivity contribution in [1.82, 2.24) is 10.2 Å². The fourth-order valence-corrected chi connectivity index (χ4v) is 3.25. The van der Waals surface area contributed by atoms with E-state index in [0.29, 0.717) is 28.0 Å². The van der Waals surface area contributed by atoms with Crippen molar-refractivity contribution in [1.29, 1.82) is 0 Å². The van der Waals surface area contributed by atoms with E-state index in [1.165, 1.54) is 12.1 Å². The number of methoxy groups -OCH3 is 1. The van der Waals surface area contributed by atoms with Crippen molar-refractivity contribution >= 4 is 52.4 Å². The molecule has 0 aliphatic rings. The molecule has 1 aromatic heterocycles. The first kappa shape index (κ1) is 19.4. The molecule has 0 aliphatic carbocycles. The van der Waals surface area contributed by atoms with Crippen LogP contribution in [0.5, 0.6) is 11.5 Å². The number of ether oxygens (including phenoxy) is 2. The molecule has 1 heterocycles. The molecule has 9 heteroatoms. The molecule has 0 saturated heterocycles. The molecule has 2 N–H and O–H groups in total. The van der Waals surface area contributed by atoms with Gasteiger partial charge >= 0.3 is 6.01 Å². The molecule has 3 rings (SSSR count). The minimum atomic E-state index is -0.393. The fraction of sp³-hybridized carbons (Fsp3) is 0.111. The van der Waals surface area contributed by atoms with E-state index < -0.39 is 5.82 Å². The maximum Gasteiger partial charge on any atom is 0.313 e. The van der Waals surface area contributed by atoms with E-state index >= 15 is 0 Å². The largest absolute Gasteiger partial charge is 0.493 e. The Morgan fingerprint density at radius 1 is 1.26 bits per heavy atom. The zero-order valence-corrected chi connectivity index (χ0v) is 17.0. The number of anilines is 1. The van der Waals surface area contributed by atoms with Crippen LogP contribution in [0, 0.1) is 9.39 Å². The van der Waals surface area contributed by atoms with Crippen LogP contribution in [0.2, 0.25) is 5.02 Å². The topological polar surface area (TPSA) is 83.4 Å². The lowest BCUT2D eigenvalue weighted by Gasteiger charge is -2.14. The number of hydrogen-bond acceptors (Lipinski definition) is 6. The molecular formula is C18H14ClFIN3O3. The van der Waals surface area contributed by atoms with E-state index in [2.05, 4.69) is 32.8 Å². The van der Waals surface area contributed by atoms with E-state index in [-0.39, 0.29) is 12.6 Å². The lowest BCUT2D eigenvalue weighted by molar-refractivity contribution is 0.282. The van der Waals surface area contributed by atoms with E-state index in [9.17, 15) is 4.39 Å². The van der Waals surface area contributed by atoms with Crippen molar-refractivity contribution < 1.29 is 18.3 Å². The van der Waals surface area contributed by atoms with Gasteiger partial charge in [0.15, 0.2) is 11.5 Å². The highest BCUT2D eigenvalue weighted by atomic mass is 127. The summed E-state index contributed by atoms with van der Waals surface area (Å²) in [6.07, 6.45) is 3.44. The predicted octanol–water partition coefficient (Wildman–Crippen LogP) is 4.81. The molecule has 3 aromatic rings. The third-order valence-corrected chi connectivity index (χ3v) is 4.67. The van der Waals surface area contributed by atoms with Gasteiger partial charge in [0.05, 0.1) is 15.7 Å². The number of rotatable bonds is 6. The molecule has 2 aromatic carbocycles. The Hall–Kier alpha value is -2.33. The smallest absolute Gasteiger partial charge is 0.313 e. The SMILES string of the molecule is COc1cc(/C=C/c2nnc(N)o2)cc(I)c1OCc1ccc(F)cc1Cl. The van der Waals surface area contributed by atoms with Gasteiger partial charge < -0.3 is 19.6 Å². The van der Waals surface area contributed by atoms with Gasteiger partial charge in [-0.2, -0.15) is 0 Å². The monoisotopic (exact) mass is 501 g/mol. The van der Waals surface area contributed by atoms with Crippen LogP contribution in [0.3, 0.4) is 0 Å². The minimum Gasteiger partial charge on any atom is -0.493 e. The van der Waals surface area contributed by atoms with Gasteiger partial charge in [-0.05, 0) is 58.5 Å². The van der Waals surface area contributed by atoms with Crippen LogP contribution in [-0.4, -0.2) is 17.3 Å². The van der Waals surface area contributed by atoms with Gasteiger partial charge in [-0.1, -0.05) is 22.8 Å². The number of nitrogens with zero attached hydrogens (tertiary/aromatic N) is 2. The van der Waals surface area contributed by atoms with Gasteiger partial charge in [-0.3, -0.25) is 0 Å². The zero-order chi connectivity index (χ0) is 19.4. The highest BCUT2D eigenvalue weighted by Gasteiger charge is 2.12. The summed E-state index contributed by atoms with van der Waals surface area (Å²) < 4.78 is 30.4. The highest BCUT2D eigenvalue weighted by molar-refractivity contribution is 14.1. The summed E-state index contributed by atoms with van der Waals surface area (Å²) in [5.74, 6) is 1.02. The van der Waals surface area contributed by atoms with E-state index in [1.54, 1.807) is 31.4 Å². The van der Waals surface area contributed by atoms with Crippen LogP contribution in [0.4, 0.5) is 10.4 Å². The maximum absolute atomic E-state index is 13.2. The molecule has 6 nitrogen and oxygen atoms in total. The third-order valence-electron chi connectivity index (χ3n) is 3.51. The summed E-state index contributed by atoms with van der Waals surface area (Å²) in [6, 6.07) is 7.89. The molecular weight excluding hydrogens is 488 g/mol. The van der Waals surface area contributed by atoms with Crippen molar-refractivity contribution in [3.8, 4) is 11.5 Å². The first-order chi connectivity index (χ1) is 13.0. The summed E-state index contributed by atoms with van der Waals surface area (Å²) >= 11 is 8.19. The molecule has 0 saturated carbocycles. The summed E-state index contributed by atoms with van der Waals surface area (Å²) in [5, 5.41) is 7.66. The Balaban J connectivity index is 1.80. The highest BCUT2D eigenvalue weighted by Crippen LogP contribution is 2.35. The number of halogens is 3. The average molecular weight is 502 g/mol. The fourth-order valence-electron chi connectivity index (χ4n) is 2.25. The molecule has 0 atom stereocenters. The van der Waals surface area contributed by atoms with Crippen molar-refractivity contribution in [3.63, 3.8) is 0 Å². The number of hydrogen-bond donors (Lipinski definition) is 1. The van der Waals surface area contributed by atoms with Gasteiger partial charge in [0.25, 0.3) is 0 Å². The summed E-state index contributed by atoms with van der Waals surface area (Å²) in [6.45, 7) is 0.182. The van der Waals surface area contributed by atoms with Gasteiger partial charge in [0.1, 0.15) is 12.4 Å². The number of nitrogens with two attached hydrogens (primary N) is 1. The summed E-state index contributed by atoms with van der Waals surface area (Å²) in [7, 11) is 1.55. The van der Waals surface area contributed by atoms with Crippen LogP contribution in [-0.2, 0) is 6.61 Å². The molecule has 0 radical (unpaired) electrons. The third kappa shape index (κ3) is 4.89. The first-order valence-electron chi connectivity index (χ1n) is 7.67. The second-order valence-corrected chi connectivity index (χ2v) is 6.94. The van der Waals surface area contributed by atoms with E-state index in [4.69, 9.17) is 31.2 Å². The van der Waals surface area contributed by atoms with Gasteiger partial charge in [-0.15, -0.1) is 5.10 Å². The van der Waals surface area contributed by atoms with Crippen molar-refractivity contribution in [2.24, 2.45) is 0 Å². The molecule has 27 heavy (non-hydrogen) atoms.